The van der Waals surface area contributed by atoms with Gasteiger partial charge in [0.2, 0.25) is 11.8 Å². The molecular weight excluding hydrogens is 372 g/mol. The molecule has 0 aliphatic heterocycles. The Morgan fingerprint density at radius 2 is 1.77 bits per heavy atom. The lowest BCUT2D eigenvalue weighted by atomic mass is 10.3. The number of carbonyl (C=O) groups excluding carboxylic acids is 2. The third kappa shape index (κ3) is 6.61. The van der Waals surface area contributed by atoms with Gasteiger partial charge in [0.15, 0.2) is 0 Å². The molecule has 0 heterocycles. The summed E-state index contributed by atoms with van der Waals surface area (Å²) in [5, 5.41) is 3.45. The molecule has 0 aliphatic carbocycles. The standard InChI is InChI=1S/C19H21ClN2O3S/c1-22(13-18(23)21-15-5-7-16(25-2)8-6-15)19(24)11-12-26-17-9-3-14(20)4-10-17/h3-10H,11-13H2,1-2H3,(H,21,23). The molecule has 2 aromatic rings. The van der Waals surface area contributed by atoms with Crippen molar-refractivity contribution in [3.05, 3.63) is 53.6 Å². The van der Waals surface area contributed by atoms with E-state index >= 15 is 0 Å². The molecule has 0 saturated heterocycles. The number of carbonyl (C=O) groups is 2. The number of methoxy groups -OCH3 is 1. The van der Waals surface area contributed by atoms with Gasteiger partial charge in [0.25, 0.3) is 0 Å². The molecule has 2 rings (SSSR count). The Kier molecular flexibility index (Phi) is 7.81. The summed E-state index contributed by atoms with van der Waals surface area (Å²) < 4.78 is 5.07. The van der Waals surface area contributed by atoms with Crippen LogP contribution in [0.1, 0.15) is 6.42 Å². The molecule has 1 N–H and O–H groups in total. The zero-order valence-electron chi connectivity index (χ0n) is 14.7. The first-order chi connectivity index (χ1) is 12.5. The highest BCUT2D eigenvalue weighted by molar-refractivity contribution is 7.99. The zero-order chi connectivity index (χ0) is 18.9. The lowest BCUT2D eigenvalue weighted by Gasteiger charge is -2.17. The van der Waals surface area contributed by atoms with E-state index in [2.05, 4.69) is 5.32 Å². The highest BCUT2D eigenvalue weighted by Gasteiger charge is 2.13. The van der Waals surface area contributed by atoms with Crippen molar-refractivity contribution in [3.63, 3.8) is 0 Å². The van der Waals surface area contributed by atoms with Crippen molar-refractivity contribution < 1.29 is 14.3 Å². The minimum Gasteiger partial charge on any atom is -0.497 e. The normalized spacial score (nSPS) is 10.3. The topological polar surface area (TPSA) is 58.6 Å². The van der Waals surface area contributed by atoms with Crippen LogP contribution in [0.4, 0.5) is 5.69 Å². The van der Waals surface area contributed by atoms with E-state index in [1.54, 1.807) is 50.2 Å². The van der Waals surface area contributed by atoms with Crippen LogP contribution in [0, 0.1) is 0 Å². The molecule has 26 heavy (non-hydrogen) atoms. The van der Waals surface area contributed by atoms with Crippen molar-refractivity contribution in [2.45, 2.75) is 11.3 Å². The Labute approximate surface area is 162 Å². The molecule has 0 aliphatic rings. The molecule has 0 aromatic heterocycles. The summed E-state index contributed by atoms with van der Waals surface area (Å²) in [5.41, 5.74) is 0.662. The van der Waals surface area contributed by atoms with Crippen LogP contribution in [0.15, 0.2) is 53.4 Å². The molecule has 0 spiro atoms. The van der Waals surface area contributed by atoms with Crippen molar-refractivity contribution in [2.24, 2.45) is 0 Å². The fraction of sp³-hybridized carbons (Fsp3) is 0.263. The van der Waals surface area contributed by atoms with Crippen molar-refractivity contribution in [2.75, 3.05) is 31.8 Å². The zero-order valence-corrected chi connectivity index (χ0v) is 16.3. The summed E-state index contributed by atoms with van der Waals surface area (Å²) in [5.74, 6) is 1.05. The van der Waals surface area contributed by atoms with E-state index in [0.29, 0.717) is 28.6 Å². The number of hydrogen-bond donors (Lipinski definition) is 1. The number of rotatable bonds is 8. The van der Waals surface area contributed by atoms with E-state index < -0.39 is 0 Å². The quantitative estimate of drug-likeness (QED) is 0.691. The molecule has 0 bridgehead atoms. The Balaban J connectivity index is 1.72. The van der Waals surface area contributed by atoms with Crippen LogP contribution >= 0.6 is 23.4 Å². The molecule has 2 aromatic carbocycles. The van der Waals surface area contributed by atoms with E-state index in [1.807, 2.05) is 24.3 Å². The third-order valence-corrected chi connectivity index (χ3v) is 4.84. The predicted molar refractivity (Wildman–Crippen MR) is 106 cm³/mol. The number of anilines is 1. The number of halogens is 1. The second-order valence-electron chi connectivity index (χ2n) is 5.58. The van der Waals surface area contributed by atoms with Gasteiger partial charge in [-0.05, 0) is 48.5 Å². The predicted octanol–water partition coefficient (Wildman–Crippen LogP) is 3.93. The smallest absolute Gasteiger partial charge is 0.243 e. The summed E-state index contributed by atoms with van der Waals surface area (Å²) in [6, 6.07) is 14.5. The van der Waals surface area contributed by atoms with Crippen molar-refractivity contribution in [1.82, 2.24) is 4.90 Å². The highest BCUT2D eigenvalue weighted by Crippen LogP contribution is 2.21. The highest BCUT2D eigenvalue weighted by atomic mass is 35.5. The Bertz CT molecular complexity index is 735. The van der Waals surface area contributed by atoms with Gasteiger partial charge < -0.3 is 15.0 Å². The Morgan fingerprint density at radius 3 is 2.38 bits per heavy atom. The van der Waals surface area contributed by atoms with Crippen molar-refractivity contribution >= 4 is 40.9 Å². The second-order valence-corrected chi connectivity index (χ2v) is 7.18. The van der Waals surface area contributed by atoms with Gasteiger partial charge in [0, 0.05) is 34.8 Å². The molecule has 0 radical (unpaired) electrons. The SMILES string of the molecule is COc1ccc(NC(=O)CN(C)C(=O)CCSc2ccc(Cl)cc2)cc1. The lowest BCUT2D eigenvalue weighted by molar-refractivity contribution is -0.132. The second kappa shape index (κ2) is 10.1. The number of hydrogen-bond acceptors (Lipinski definition) is 4. The van der Waals surface area contributed by atoms with Gasteiger partial charge in [-0.3, -0.25) is 9.59 Å². The average molecular weight is 393 g/mol. The summed E-state index contributed by atoms with van der Waals surface area (Å²) in [6.45, 7) is 0.0104. The minimum absolute atomic E-state index is 0.0104. The van der Waals surface area contributed by atoms with Gasteiger partial charge >= 0.3 is 0 Å². The van der Waals surface area contributed by atoms with Crippen LogP contribution in [0.2, 0.25) is 5.02 Å². The number of likely N-dealkylation sites (N-methyl/N-ethyl adjacent to an activating group) is 1. The molecule has 0 unspecified atom stereocenters. The number of amides is 2. The largest absolute Gasteiger partial charge is 0.497 e. The van der Waals surface area contributed by atoms with E-state index in [0.717, 1.165) is 4.90 Å². The maximum absolute atomic E-state index is 12.2. The van der Waals surface area contributed by atoms with Gasteiger partial charge in [-0.1, -0.05) is 11.6 Å². The number of nitrogens with one attached hydrogen (secondary N) is 1. The summed E-state index contributed by atoms with van der Waals surface area (Å²) >= 11 is 7.43. The van der Waals surface area contributed by atoms with Crippen LogP contribution in [0.3, 0.4) is 0 Å². The third-order valence-electron chi connectivity index (χ3n) is 3.58. The fourth-order valence-electron chi connectivity index (χ4n) is 2.16. The molecular formula is C19H21ClN2O3S. The van der Waals surface area contributed by atoms with Crippen LogP contribution in [-0.4, -0.2) is 43.2 Å². The molecule has 0 saturated carbocycles. The molecule has 138 valence electrons. The molecule has 5 nitrogen and oxygen atoms in total. The number of nitrogens with zero attached hydrogens (tertiary/aromatic N) is 1. The van der Waals surface area contributed by atoms with Crippen molar-refractivity contribution in [1.29, 1.82) is 0 Å². The van der Waals surface area contributed by atoms with E-state index in [-0.39, 0.29) is 18.4 Å². The molecule has 2 amide bonds. The van der Waals surface area contributed by atoms with Gasteiger partial charge in [-0.2, -0.15) is 0 Å². The van der Waals surface area contributed by atoms with Crippen LogP contribution in [-0.2, 0) is 9.59 Å². The first kappa shape index (κ1) is 20.1. The first-order valence-electron chi connectivity index (χ1n) is 8.04. The van der Waals surface area contributed by atoms with Crippen LogP contribution in [0.25, 0.3) is 0 Å². The van der Waals surface area contributed by atoms with Crippen molar-refractivity contribution in [3.8, 4) is 5.75 Å². The maximum atomic E-state index is 12.2. The summed E-state index contributed by atoms with van der Waals surface area (Å²) in [7, 11) is 3.21. The number of benzene rings is 2. The van der Waals surface area contributed by atoms with Gasteiger partial charge in [-0.25, -0.2) is 0 Å². The molecule has 0 fully saturated rings. The van der Waals surface area contributed by atoms with E-state index in [9.17, 15) is 9.59 Å². The van der Waals surface area contributed by atoms with Crippen LogP contribution < -0.4 is 10.1 Å². The Morgan fingerprint density at radius 1 is 1.12 bits per heavy atom. The first-order valence-corrected chi connectivity index (χ1v) is 9.40. The minimum atomic E-state index is -0.239. The number of ether oxygens (including phenoxy) is 1. The maximum Gasteiger partial charge on any atom is 0.243 e. The lowest BCUT2D eigenvalue weighted by Crippen LogP contribution is -2.35. The van der Waals surface area contributed by atoms with E-state index in [4.69, 9.17) is 16.3 Å². The van der Waals surface area contributed by atoms with Gasteiger partial charge in [0.05, 0.1) is 13.7 Å². The number of thioether (sulfide) groups is 1. The van der Waals surface area contributed by atoms with Crippen LogP contribution in [0.5, 0.6) is 5.75 Å². The van der Waals surface area contributed by atoms with Gasteiger partial charge in [0.1, 0.15) is 5.75 Å². The van der Waals surface area contributed by atoms with Gasteiger partial charge in [-0.15, -0.1) is 11.8 Å². The Hall–Kier alpha value is -2.18. The summed E-state index contributed by atoms with van der Waals surface area (Å²) in [6.07, 6.45) is 0.361. The fourth-order valence-corrected chi connectivity index (χ4v) is 3.12. The summed E-state index contributed by atoms with van der Waals surface area (Å²) in [4.78, 5) is 26.7. The molecule has 7 heteroatoms. The monoisotopic (exact) mass is 392 g/mol. The van der Waals surface area contributed by atoms with E-state index in [1.165, 1.54) is 4.90 Å². The molecule has 0 atom stereocenters. The average Bonchev–Trinajstić information content (AvgIpc) is 2.63.